The first-order valence-corrected chi connectivity index (χ1v) is 8.08. The van der Waals surface area contributed by atoms with Gasteiger partial charge in [0.15, 0.2) is 0 Å². The molecule has 0 spiro atoms. The van der Waals surface area contributed by atoms with Crippen LogP contribution in [0.15, 0.2) is 36.4 Å². The van der Waals surface area contributed by atoms with E-state index in [0.717, 1.165) is 35.4 Å². The SMILES string of the molecule is CCc1c(NC(=O)/C=C\C(=O)OC)ccc(NC(=O)/C=C\C(=O)OC)c1C. The zero-order valence-electron chi connectivity index (χ0n) is 15.6. The number of amides is 2. The van der Waals surface area contributed by atoms with Gasteiger partial charge in [-0.1, -0.05) is 6.92 Å². The van der Waals surface area contributed by atoms with Crippen LogP contribution in [0.4, 0.5) is 11.4 Å². The van der Waals surface area contributed by atoms with E-state index in [1.807, 2.05) is 6.92 Å². The van der Waals surface area contributed by atoms with Crippen molar-refractivity contribution in [3.8, 4) is 0 Å². The third-order valence-electron chi connectivity index (χ3n) is 3.61. The lowest BCUT2D eigenvalue weighted by Gasteiger charge is -2.15. The summed E-state index contributed by atoms with van der Waals surface area (Å²) in [5.74, 6) is -2.22. The summed E-state index contributed by atoms with van der Waals surface area (Å²) < 4.78 is 8.85. The fraction of sp³-hybridized carbons (Fsp3) is 0.263. The van der Waals surface area contributed by atoms with Gasteiger partial charge in [-0.05, 0) is 36.6 Å². The van der Waals surface area contributed by atoms with Crippen LogP contribution >= 0.6 is 0 Å². The number of anilines is 2. The monoisotopic (exact) mass is 374 g/mol. The summed E-state index contributed by atoms with van der Waals surface area (Å²) in [7, 11) is 2.44. The molecule has 0 atom stereocenters. The van der Waals surface area contributed by atoms with E-state index in [1.165, 1.54) is 14.2 Å². The maximum Gasteiger partial charge on any atom is 0.330 e. The van der Waals surface area contributed by atoms with Crippen molar-refractivity contribution in [1.82, 2.24) is 0 Å². The number of esters is 2. The molecule has 0 heterocycles. The molecule has 8 nitrogen and oxygen atoms in total. The molecule has 0 unspecified atom stereocenters. The van der Waals surface area contributed by atoms with Crippen LogP contribution in [0, 0.1) is 6.92 Å². The van der Waals surface area contributed by atoms with Crippen molar-refractivity contribution in [2.75, 3.05) is 24.9 Å². The summed E-state index contributed by atoms with van der Waals surface area (Å²) in [5, 5.41) is 5.36. The van der Waals surface area contributed by atoms with Crippen molar-refractivity contribution in [2.45, 2.75) is 20.3 Å². The second-order valence-corrected chi connectivity index (χ2v) is 5.31. The summed E-state index contributed by atoms with van der Waals surface area (Å²) in [4.78, 5) is 45.9. The Balaban J connectivity index is 2.95. The van der Waals surface area contributed by atoms with Gasteiger partial charge >= 0.3 is 11.9 Å². The van der Waals surface area contributed by atoms with Gasteiger partial charge in [0.25, 0.3) is 0 Å². The molecular formula is C19H22N2O6. The van der Waals surface area contributed by atoms with E-state index in [9.17, 15) is 19.2 Å². The number of carbonyl (C=O) groups is 4. The average Bonchev–Trinajstić information content (AvgIpc) is 2.66. The quantitative estimate of drug-likeness (QED) is 0.557. The highest BCUT2D eigenvalue weighted by Crippen LogP contribution is 2.27. The Bertz CT molecular complexity index is 796. The Labute approximate surface area is 157 Å². The lowest BCUT2D eigenvalue weighted by Crippen LogP contribution is -2.14. The van der Waals surface area contributed by atoms with Gasteiger partial charge in [-0.15, -0.1) is 0 Å². The van der Waals surface area contributed by atoms with Gasteiger partial charge in [0.1, 0.15) is 0 Å². The van der Waals surface area contributed by atoms with E-state index in [2.05, 4.69) is 20.1 Å². The van der Waals surface area contributed by atoms with Gasteiger partial charge in [0, 0.05) is 35.7 Å². The van der Waals surface area contributed by atoms with Crippen LogP contribution in [0.3, 0.4) is 0 Å². The molecule has 1 rings (SSSR count). The first-order valence-electron chi connectivity index (χ1n) is 8.08. The summed E-state index contributed by atoms with van der Waals surface area (Å²) in [6.45, 7) is 3.71. The molecular weight excluding hydrogens is 352 g/mol. The highest BCUT2D eigenvalue weighted by Gasteiger charge is 2.12. The number of nitrogens with one attached hydrogen (secondary N) is 2. The van der Waals surface area contributed by atoms with Crippen molar-refractivity contribution < 1.29 is 28.7 Å². The first-order chi connectivity index (χ1) is 12.8. The normalized spacial score (nSPS) is 10.7. The smallest absolute Gasteiger partial charge is 0.330 e. The molecule has 0 saturated heterocycles. The Kier molecular flexibility index (Phi) is 8.44. The molecule has 1 aromatic carbocycles. The molecule has 8 heteroatoms. The van der Waals surface area contributed by atoms with Crippen LogP contribution in [-0.2, 0) is 35.1 Å². The van der Waals surface area contributed by atoms with Crippen molar-refractivity contribution >= 4 is 35.1 Å². The highest BCUT2D eigenvalue weighted by atomic mass is 16.5. The summed E-state index contributed by atoms with van der Waals surface area (Å²) in [6.07, 6.45) is 4.80. The van der Waals surface area contributed by atoms with Crippen molar-refractivity contribution in [1.29, 1.82) is 0 Å². The summed E-state index contributed by atoms with van der Waals surface area (Å²) in [6, 6.07) is 3.29. The predicted octanol–water partition coefficient (Wildman–Crippen LogP) is 1.89. The Morgan fingerprint density at radius 2 is 1.30 bits per heavy atom. The van der Waals surface area contributed by atoms with E-state index >= 15 is 0 Å². The van der Waals surface area contributed by atoms with Gasteiger partial charge in [-0.3, -0.25) is 9.59 Å². The Morgan fingerprint density at radius 3 is 1.74 bits per heavy atom. The number of methoxy groups -OCH3 is 2. The molecule has 2 amide bonds. The van der Waals surface area contributed by atoms with E-state index in [1.54, 1.807) is 19.1 Å². The van der Waals surface area contributed by atoms with Crippen LogP contribution in [0.1, 0.15) is 18.1 Å². The van der Waals surface area contributed by atoms with Gasteiger partial charge in [0.05, 0.1) is 14.2 Å². The van der Waals surface area contributed by atoms with Crippen molar-refractivity contribution in [3.05, 3.63) is 47.6 Å². The number of benzene rings is 1. The Hall–Kier alpha value is -3.42. The topological polar surface area (TPSA) is 111 Å². The molecule has 2 N–H and O–H groups in total. The first kappa shape index (κ1) is 21.6. The van der Waals surface area contributed by atoms with E-state index in [0.29, 0.717) is 17.8 Å². The van der Waals surface area contributed by atoms with Gasteiger partial charge < -0.3 is 20.1 Å². The molecule has 0 saturated carbocycles. The van der Waals surface area contributed by atoms with Crippen molar-refractivity contribution in [3.63, 3.8) is 0 Å². The molecule has 0 aromatic heterocycles. The van der Waals surface area contributed by atoms with Gasteiger partial charge in [0.2, 0.25) is 11.8 Å². The standard InChI is InChI=1S/C19H22N2O6/c1-5-13-12(2)14(20-16(22)8-10-18(24)26-3)6-7-15(13)21-17(23)9-11-19(25)27-4/h6-11H,5H2,1-4H3,(H,20,22)(H,21,23)/b10-8-,11-9-. The van der Waals surface area contributed by atoms with E-state index in [-0.39, 0.29) is 0 Å². The minimum absolute atomic E-state index is 0.479. The lowest BCUT2D eigenvalue weighted by molar-refractivity contribution is -0.135. The van der Waals surface area contributed by atoms with Crippen molar-refractivity contribution in [2.24, 2.45) is 0 Å². The van der Waals surface area contributed by atoms with E-state index in [4.69, 9.17) is 0 Å². The maximum atomic E-state index is 11.9. The van der Waals surface area contributed by atoms with Crippen LogP contribution < -0.4 is 10.6 Å². The molecule has 0 bridgehead atoms. The lowest BCUT2D eigenvalue weighted by atomic mass is 10.0. The van der Waals surface area contributed by atoms with Gasteiger partial charge in [-0.25, -0.2) is 9.59 Å². The molecule has 27 heavy (non-hydrogen) atoms. The zero-order valence-corrected chi connectivity index (χ0v) is 15.6. The molecule has 0 radical (unpaired) electrons. The number of carbonyl (C=O) groups excluding carboxylic acids is 4. The highest BCUT2D eigenvalue weighted by molar-refractivity contribution is 6.05. The summed E-state index contributed by atoms with van der Waals surface area (Å²) >= 11 is 0. The molecule has 0 fully saturated rings. The molecule has 0 aliphatic rings. The summed E-state index contributed by atoms with van der Waals surface area (Å²) in [5.41, 5.74) is 2.71. The molecule has 0 aliphatic carbocycles. The average molecular weight is 374 g/mol. The number of hydrogen-bond acceptors (Lipinski definition) is 6. The predicted molar refractivity (Wildman–Crippen MR) is 100 cm³/mol. The number of hydrogen-bond donors (Lipinski definition) is 2. The molecule has 144 valence electrons. The third kappa shape index (κ3) is 6.77. The maximum absolute atomic E-state index is 11.9. The van der Waals surface area contributed by atoms with E-state index < -0.39 is 23.8 Å². The largest absolute Gasteiger partial charge is 0.466 e. The van der Waals surface area contributed by atoms with Crippen LogP contribution in [0.5, 0.6) is 0 Å². The molecule has 1 aromatic rings. The van der Waals surface area contributed by atoms with Crippen LogP contribution in [-0.4, -0.2) is 38.0 Å². The minimum Gasteiger partial charge on any atom is -0.466 e. The fourth-order valence-electron chi connectivity index (χ4n) is 2.24. The second kappa shape index (κ2) is 10.5. The van der Waals surface area contributed by atoms with Crippen LogP contribution in [0.2, 0.25) is 0 Å². The van der Waals surface area contributed by atoms with Gasteiger partial charge in [-0.2, -0.15) is 0 Å². The molecule has 0 aliphatic heterocycles. The minimum atomic E-state index is -0.630. The third-order valence-corrected chi connectivity index (χ3v) is 3.61. The Morgan fingerprint density at radius 1 is 0.852 bits per heavy atom. The van der Waals surface area contributed by atoms with Crippen LogP contribution in [0.25, 0.3) is 0 Å². The number of ether oxygens (including phenoxy) is 2. The second-order valence-electron chi connectivity index (χ2n) is 5.31. The zero-order chi connectivity index (χ0) is 20.4. The number of rotatable bonds is 7. The fourth-order valence-corrected chi connectivity index (χ4v) is 2.24.